The van der Waals surface area contributed by atoms with Gasteiger partial charge in [0.15, 0.2) is 5.82 Å². The first kappa shape index (κ1) is 26.5. The van der Waals surface area contributed by atoms with E-state index < -0.39 is 86.2 Å². The Hall–Kier alpha value is -4.15. The van der Waals surface area contributed by atoms with Crippen LogP contribution in [0, 0.1) is 5.41 Å². The lowest BCUT2D eigenvalue weighted by molar-refractivity contribution is -0.216. The van der Waals surface area contributed by atoms with Crippen molar-refractivity contribution in [3.05, 3.63) is 35.8 Å². The maximum Gasteiger partial charge on any atom is 0.402 e. The lowest BCUT2D eigenvalue weighted by atomic mass is 9.91. The number of likely N-dealkylation sites (tertiary alicyclic amines) is 2. The number of pyridine rings is 1. The van der Waals surface area contributed by atoms with Crippen LogP contribution in [0.2, 0.25) is 0 Å². The number of nitrogen functional groups attached to an aromatic ring is 1. The maximum atomic E-state index is 15.0. The molecule has 2 atom stereocenters. The molecule has 0 aliphatic carbocycles. The summed E-state index contributed by atoms with van der Waals surface area (Å²) in [6.45, 7) is -0.884. The van der Waals surface area contributed by atoms with Crippen molar-refractivity contribution >= 4 is 23.1 Å². The second-order valence-corrected chi connectivity index (χ2v) is 11.1. The number of anilines is 1. The second kappa shape index (κ2) is 10.5. The Kier molecular flexibility index (Phi) is 6.49. The van der Waals surface area contributed by atoms with E-state index in [-0.39, 0.29) is 23.6 Å². The van der Waals surface area contributed by atoms with Crippen LogP contribution in [-0.4, -0.2) is 98.7 Å². The van der Waals surface area contributed by atoms with Gasteiger partial charge in [-0.2, -0.15) is 18.3 Å². The van der Waals surface area contributed by atoms with Crippen LogP contribution < -0.4 is 15.8 Å². The third-order valence-electron chi connectivity index (χ3n) is 7.55. The molecular formula is C26H28F6N8O3. The standard InChI is InChI=1S/C26H28F6N8O3/c1-24(2,26(30,31)32)23(42)39-8-16(27)17(9-39)37-21(41)15-4-13(6-34-22(15)43-3)18-5-14(7-38-10-25(28,29)11-38)19-20(33)35-12-36-40(18)19/h4-6,12,16-17H,7-11H2,1-3H3,(H,37,41)(H2,33,35,36)/t16-,17+/m0/s1/i3D3. The van der Waals surface area contributed by atoms with Crippen LogP contribution in [0.5, 0.6) is 5.88 Å². The summed E-state index contributed by atoms with van der Waals surface area (Å²) in [4.78, 5) is 36.1. The summed E-state index contributed by atoms with van der Waals surface area (Å²) >= 11 is 0. The second-order valence-electron chi connectivity index (χ2n) is 11.1. The number of ether oxygens (including phenoxy) is 1. The van der Waals surface area contributed by atoms with E-state index in [1.54, 1.807) is 6.07 Å². The summed E-state index contributed by atoms with van der Waals surface area (Å²) in [5, 5.41) is 6.47. The molecule has 2 saturated heterocycles. The Morgan fingerprint density at radius 2 is 1.93 bits per heavy atom. The molecule has 5 heterocycles. The van der Waals surface area contributed by atoms with Crippen molar-refractivity contribution in [3.63, 3.8) is 0 Å². The highest BCUT2D eigenvalue weighted by molar-refractivity contribution is 5.98. The molecule has 3 aromatic rings. The first-order valence-electron chi connectivity index (χ1n) is 14.4. The minimum atomic E-state index is -4.91. The first-order chi connectivity index (χ1) is 21.2. The number of nitrogens with one attached hydrogen (secondary N) is 1. The molecule has 3 N–H and O–H groups in total. The van der Waals surface area contributed by atoms with Gasteiger partial charge in [0, 0.05) is 24.8 Å². The molecule has 0 radical (unpaired) electrons. The summed E-state index contributed by atoms with van der Waals surface area (Å²) in [6.07, 6.45) is -4.57. The summed E-state index contributed by atoms with van der Waals surface area (Å²) in [7, 11) is -3.07. The fraction of sp³-hybridized carbons (Fsp3) is 0.500. The molecule has 2 aliphatic rings. The molecule has 0 aromatic carbocycles. The number of aromatic nitrogens is 4. The Morgan fingerprint density at radius 3 is 2.58 bits per heavy atom. The molecule has 0 unspecified atom stereocenters. The minimum absolute atomic E-state index is 0.0276. The van der Waals surface area contributed by atoms with E-state index >= 15 is 0 Å². The van der Waals surface area contributed by atoms with E-state index in [0.717, 1.165) is 12.5 Å². The quantitative estimate of drug-likeness (QED) is 0.387. The molecule has 0 spiro atoms. The monoisotopic (exact) mass is 617 g/mol. The normalized spacial score (nSPS) is 22.0. The predicted octanol–water partition coefficient (Wildman–Crippen LogP) is 2.70. The lowest BCUT2D eigenvalue weighted by Crippen LogP contribution is -2.55. The zero-order valence-corrected chi connectivity index (χ0v) is 22.8. The first-order valence-corrected chi connectivity index (χ1v) is 12.9. The number of hydrogen-bond acceptors (Lipinski definition) is 8. The lowest BCUT2D eigenvalue weighted by Gasteiger charge is -2.38. The highest BCUT2D eigenvalue weighted by Gasteiger charge is 2.56. The van der Waals surface area contributed by atoms with Crippen LogP contribution in [-0.2, 0) is 11.3 Å². The number of methoxy groups -OCH3 is 1. The number of carbonyl (C=O) groups is 2. The van der Waals surface area contributed by atoms with E-state index in [1.165, 1.54) is 15.5 Å². The Labute approximate surface area is 245 Å². The molecule has 5 rings (SSSR count). The van der Waals surface area contributed by atoms with Crippen molar-refractivity contribution < 1.29 is 44.8 Å². The molecule has 232 valence electrons. The van der Waals surface area contributed by atoms with Gasteiger partial charge < -0.3 is 20.7 Å². The number of carbonyl (C=O) groups excluding carboxylic acids is 2. The van der Waals surface area contributed by atoms with E-state index in [9.17, 15) is 35.9 Å². The molecule has 3 aromatic heterocycles. The zero-order valence-electron chi connectivity index (χ0n) is 25.8. The number of halogens is 6. The van der Waals surface area contributed by atoms with Gasteiger partial charge in [0.2, 0.25) is 11.8 Å². The van der Waals surface area contributed by atoms with Gasteiger partial charge in [-0.3, -0.25) is 14.5 Å². The van der Waals surface area contributed by atoms with Crippen molar-refractivity contribution in [2.75, 3.05) is 39.0 Å². The predicted molar refractivity (Wildman–Crippen MR) is 140 cm³/mol. The van der Waals surface area contributed by atoms with Crippen LogP contribution in [0.15, 0.2) is 24.7 Å². The van der Waals surface area contributed by atoms with Crippen molar-refractivity contribution in [3.8, 4) is 17.1 Å². The molecule has 2 amide bonds. The van der Waals surface area contributed by atoms with Crippen LogP contribution in [0.1, 0.15) is 33.9 Å². The molecule has 2 aliphatic heterocycles. The summed E-state index contributed by atoms with van der Waals surface area (Å²) < 4.78 is 111. The molecule has 0 saturated carbocycles. The van der Waals surface area contributed by atoms with Gasteiger partial charge in [-0.1, -0.05) is 0 Å². The fourth-order valence-electron chi connectivity index (χ4n) is 5.10. The smallest absolute Gasteiger partial charge is 0.402 e. The number of hydrogen-bond donors (Lipinski definition) is 2. The Morgan fingerprint density at radius 1 is 1.21 bits per heavy atom. The van der Waals surface area contributed by atoms with Gasteiger partial charge in [-0.15, -0.1) is 0 Å². The van der Waals surface area contributed by atoms with E-state index in [2.05, 4.69) is 20.4 Å². The van der Waals surface area contributed by atoms with Crippen LogP contribution >= 0.6 is 0 Å². The van der Waals surface area contributed by atoms with Gasteiger partial charge in [0.25, 0.3) is 11.8 Å². The Bertz CT molecular complexity index is 1670. The topological polar surface area (TPSA) is 131 Å². The van der Waals surface area contributed by atoms with Crippen LogP contribution in [0.3, 0.4) is 0 Å². The van der Waals surface area contributed by atoms with E-state index in [1.807, 2.05) is 0 Å². The molecule has 2 fully saturated rings. The van der Waals surface area contributed by atoms with Gasteiger partial charge in [0.05, 0.1) is 42.5 Å². The van der Waals surface area contributed by atoms with Gasteiger partial charge in [-0.25, -0.2) is 27.7 Å². The summed E-state index contributed by atoms with van der Waals surface area (Å²) in [5.74, 6) is -5.95. The third kappa shape index (κ3) is 5.52. The highest BCUT2D eigenvalue weighted by atomic mass is 19.4. The number of amides is 2. The zero-order chi connectivity index (χ0) is 34.0. The largest absolute Gasteiger partial charge is 0.480 e. The van der Waals surface area contributed by atoms with E-state index in [4.69, 9.17) is 14.6 Å². The van der Waals surface area contributed by atoms with Gasteiger partial charge in [0.1, 0.15) is 29.0 Å². The Balaban J connectivity index is 1.46. The number of rotatable bonds is 7. The SMILES string of the molecule is [2H]C([2H])([2H])Oc1ncc(-c2cc(CN3CC(F)(F)C3)c3c(N)ncnn23)cc1C(=O)N[C@@H]1CN(C(=O)C(C)(C)C(F)(F)F)C[C@@H]1F. The summed E-state index contributed by atoms with van der Waals surface area (Å²) in [6, 6.07) is 1.27. The van der Waals surface area contributed by atoms with Crippen LogP contribution in [0.4, 0.5) is 32.2 Å². The van der Waals surface area contributed by atoms with Crippen molar-refractivity contribution in [2.24, 2.45) is 5.41 Å². The summed E-state index contributed by atoms with van der Waals surface area (Å²) in [5.41, 5.74) is 3.94. The van der Waals surface area contributed by atoms with Gasteiger partial charge in [-0.05, 0) is 31.5 Å². The number of nitrogens with zero attached hydrogens (tertiary/aromatic N) is 6. The van der Waals surface area contributed by atoms with E-state index in [0.29, 0.717) is 29.8 Å². The molecule has 43 heavy (non-hydrogen) atoms. The van der Waals surface area contributed by atoms with Crippen LogP contribution in [0.25, 0.3) is 16.8 Å². The fourth-order valence-corrected chi connectivity index (χ4v) is 5.10. The molecule has 11 nitrogen and oxygen atoms in total. The highest BCUT2D eigenvalue weighted by Crippen LogP contribution is 2.40. The number of fused-ring (bicyclic) bond motifs is 1. The molecular weight excluding hydrogens is 586 g/mol. The average Bonchev–Trinajstić information content (AvgIpc) is 3.46. The van der Waals surface area contributed by atoms with Crippen molar-refractivity contribution in [1.29, 1.82) is 0 Å². The number of alkyl halides is 6. The maximum absolute atomic E-state index is 15.0. The number of nitrogens with two attached hydrogens (primary N) is 1. The average molecular weight is 618 g/mol. The molecule has 0 bridgehead atoms. The molecule has 17 heteroatoms. The third-order valence-corrected chi connectivity index (χ3v) is 7.55. The minimum Gasteiger partial charge on any atom is -0.480 e. The van der Waals surface area contributed by atoms with Crippen molar-refractivity contribution in [2.45, 2.75) is 44.7 Å². The van der Waals surface area contributed by atoms with Gasteiger partial charge >= 0.3 is 6.18 Å². The van der Waals surface area contributed by atoms with Crippen molar-refractivity contribution in [1.82, 2.24) is 34.7 Å².